The van der Waals surface area contributed by atoms with Gasteiger partial charge in [-0.15, -0.1) is 0 Å². The predicted octanol–water partition coefficient (Wildman–Crippen LogP) is 8.17. The van der Waals surface area contributed by atoms with Crippen LogP contribution in [0.1, 0.15) is 96.5 Å². The van der Waals surface area contributed by atoms with E-state index in [1.165, 1.54) is 83.5 Å². The van der Waals surface area contributed by atoms with Crippen molar-refractivity contribution in [2.45, 2.75) is 112 Å². The number of hydrogen-bond donors (Lipinski definition) is 0. The van der Waals surface area contributed by atoms with Gasteiger partial charge in [-0.3, -0.25) is 0 Å². The fourth-order valence-electron chi connectivity index (χ4n) is 3.63. The van der Waals surface area contributed by atoms with Gasteiger partial charge in [-0.05, 0) is 0 Å². The zero-order valence-electron chi connectivity index (χ0n) is 17.8. The molecular formula is C23H44SSn. The van der Waals surface area contributed by atoms with E-state index in [4.69, 9.17) is 0 Å². The van der Waals surface area contributed by atoms with Gasteiger partial charge in [-0.1, -0.05) is 6.92 Å². The third-order valence-electron chi connectivity index (χ3n) is 5.35. The molecule has 1 unspecified atom stereocenters. The minimum absolute atomic E-state index is 0.931. The molecule has 0 N–H and O–H groups in total. The zero-order valence-corrected chi connectivity index (χ0v) is 21.5. The molecule has 0 aliphatic heterocycles. The van der Waals surface area contributed by atoms with E-state index in [1.807, 2.05) is 0 Å². The van der Waals surface area contributed by atoms with Crippen LogP contribution in [0.2, 0.25) is 14.8 Å². The molecule has 25 heavy (non-hydrogen) atoms. The Labute approximate surface area is 167 Å². The molecule has 0 aliphatic carbocycles. The van der Waals surface area contributed by atoms with Gasteiger partial charge in [0.2, 0.25) is 0 Å². The summed E-state index contributed by atoms with van der Waals surface area (Å²) in [6.45, 7) is 4.63. The SMILES string of the molecule is CCCCCCCCC(CCCCCC)Cc1cs[c]([Sn]([CH3])([CH3])[CH3])c1. The van der Waals surface area contributed by atoms with E-state index < -0.39 is 18.4 Å². The van der Waals surface area contributed by atoms with Crippen molar-refractivity contribution in [3.05, 3.63) is 17.0 Å². The predicted molar refractivity (Wildman–Crippen MR) is 121 cm³/mol. The van der Waals surface area contributed by atoms with Gasteiger partial charge in [-0.25, -0.2) is 0 Å². The second-order valence-electron chi connectivity index (χ2n) is 9.05. The van der Waals surface area contributed by atoms with Crippen LogP contribution in [0.5, 0.6) is 0 Å². The summed E-state index contributed by atoms with van der Waals surface area (Å²) in [5.74, 6) is 0.931. The van der Waals surface area contributed by atoms with E-state index in [2.05, 4.69) is 51.4 Å². The van der Waals surface area contributed by atoms with Crippen molar-refractivity contribution in [2.75, 3.05) is 0 Å². The molecule has 1 aromatic rings. The summed E-state index contributed by atoms with van der Waals surface area (Å²) in [7, 11) is 0. The molecule has 0 fully saturated rings. The van der Waals surface area contributed by atoms with Gasteiger partial charge in [0, 0.05) is 0 Å². The Bertz CT molecular complexity index is 430. The van der Waals surface area contributed by atoms with E-state index >= 15 is 0 Å². The molecule has 1 aromatic heterocycles. The molecular weight excluding hydrogens is 427 g/mol. The third kappa shape index (κ3) is 11.1. The molecule has 146 valence electrons. The number of unbranched alkanes of at least 4 members (excludes halogenated alkanes) is 8. The molecule has 0 saturated carbocycles. The van der Waals surface area contributed by atoms with Gasteiger partial charge >= 0.3 is 161 Å². The van der Waals surface area contributed by atoms with Crippen LogP contribution in [0.3, 0.4) is 0 Å². The molecule has 1 heterocycles. The van der Waals surface area contributed by atoms with Gasteiger partial charge in [-0.2, -0.15) is 0 Å². The molecule has 0 aliphatic rings. The van der Waals surface area contributed by atoms with Crippen LogP contribution in [0.4, 0.5) is 0 Å². The van der Waals surface area contributed by atoms with Crippen molar-refractivity contribution in [2.24, 2.45) is 5.92 Å². The van der Waals surface area contributed by atoms with Crippen LogP contribution in [0.15, 0.2) is 11.4 Å². The van der Waals surface area contributed by atoms with Crippen molar-refractivity contribution >= 4 is 32.6 Å². The van der Waals surface area contributed by atoms with Crippen LogP contribution in [0.25, 0.3) is 0 Å². The first-order chi connectivity index (χ1) is 12.0. The standard InChI is InChI=1S/C20H35S.3CH3.Sn/c1-3-5-7-9-10-12-14-19(13-11-8-6-4-2)17-20-15-16-21-18-20;;;;/h15,18-19H,3-14,17H2,1-2H3;3*1H3;. The summed E-state index contributed by atoms with van der Waals surface area (Å²) >= 11 is 0.204. The summed E-state index contributed by atoms with van der Waals surface area (Å²) in [6.07, 6.45) is 18.5. The van der Waals surface area contributed by atoms with E-state index in [-0.39, 0.29) is 0 Å². The van der Waals surface area contributed by atoms with Crippen LogP contribution >= 0.6 is 11.3 Å². The van der Waals surface area contributed by atoms with Gasteiger partial charge in [0.15, 0.2) is 0 Å². The van der Waals surface area contributed by atoms with Crippen molar-refractivity contribution in [1.29, 1.82) is 0 Å². The van der Waals surface area contributed by atoms with Crippen molar-refractivity contribution in [3.8, 4) is 0 Å². The molecule has 0 saturated heterocycles. The Balaban J connectivity index is 2.44. The van der Waals surface area contributed by atoms with Crippen molar-refractivity contribution < 1.29 is 0 Å². The van der Waals surface area contributed by atoms with E-state index in [1.54, 1.807) is 8.46 Å². The molecule has 1 atom stereocenters. The van der Waals surface area contributed by atoms with Gasteiger partial charge in [0.1, 0.15) is 0 Å². The molecule has 2 heteroatoms. The second-order valence-corrected chi connectivity index (χ2v) is 25.4. The zero-order chi connectivity index (χ0) is 18.5. The van der Waals surface area contributed by atoms with Crippen LogP contribution < -0.4 is 2.89 Å². The molecule has 0 spiro atoms. The Morgan fingerprint density at radius 2 is 1.32 bits per heavy atom. The Hall–Kier alpha value is 0.499. The van der Waals surface area contributed by atoms with E-state index in [9.17, 15) is 0 Å². The molecule has 0 amide bonds. The fraction of sp³-hybridized carbons (Fsp3) is 0.826. The average molecular weight is 471 g/mol. The first-order valence-corrected chi connectivity index (χ1v) is 21.9. The van der Waals surface area contributed by atoms with Gasteiger partial charge < -0.3 is 0 Å². The molecule has 0 aromatic carbocycles. The second kappa shape index (κ2) is 13.6. The topological polar surface area (TPSA) is 0 Å². The first kappa shape index (κ1) is 23.5. The van der Waals surface area contributed by atoms with Crippen molar-refractivity contribution in [1.82, 2.24) is 0 Å². The van der Waals surface area contributed by atoms with Gasteiger partial charge in [0.25, 0.3) is 0 Å². The number of rotatable bonds is 15. The summed E-state index contributed by atoms with van der Waals surface area (Å²) in [5.41, 5.74) is 1.65. The average Bonchev–Trinajstić information content (AvgIpc) is 3.03. The Kier molecular flexibility index (Phi) is 12.8. The molecule has 0 nitrogen and oxygen atoms in total. The van der Waals surface area contributed by atoms with Crippen molar-refractivity contribution in [3.63, 3.8) is 0 Å². The van der Waals surface area contributed by atoms with Crippen LogP contribution in [-0.4, -0.2) is 18.4 Å². The Morgan fingerprint density at radius 3 is 1.84 bits per heavy atom. The van der Waals surface area contributed by atoms with Crippen LogP contribution in [-0.2, 0) is 6.42 Å². The number of thiophene rings is 1. The summed E-state index contributed by atoms with van der Waals surface area (Å²) in [5, 5.41) is 2.48. The molecule has 1 rings (SSSR count). The van der Waals surface area contributed by atoms with E-state index in [0.717, 1.165) is 5.92 Å². The molecule has 0 radical (unpaired) electrons. The normalized spacial score (nSPS) is 13.3. The molecule has 0 bridgehead atoms. The summed E-state index contributed by atoms with van der Waals surface area (Å²) in [4.78, 5) is 7.63. The van der Waals surface area contributed by atoms with Gasteiger partial charge in [0.05, 0.1) is 0 Å². The maximum absolute atomic E-state index is 2.58. The fourth-order valence-corrected chi connectivity index (χ4v) is 9.94. The summed E-state index contributed by atoms with van der Waals surface area (Å²) < 4.78 is 1.76. The monoisotopic (exact) mass is 472 g/mol. The summed E-state index contributed by atoms with van der Waals surface area (Å²) in [6, 6.07) is 2.58. The quantitative estimate of drug-likeness (QED) is 0.179. The minimum atomic E-state index is -1.86. The maximum atomic E-state index is 2.58. The van der Waals surface area contributed by atoms with Crippen LogP contribution in [0, 0.1) is 5.92 Å². The first-order valence-electron chi connectivity index (χ1n) is 11.0. The third-order valence-corrected chi connectivity index (χ3v) is 15.9. The van der Waals surface area contributed by atoms with E-state index in [0.29, 0.717) is 0 Å². The Morgan fingerprint density at radius 1 is 0.800 bits per heavy atom. The number of hydrogen-bond acceptors (Lipinski definition) is 1.